The van der Waals surface area contributed by atoms with Gasteiger partial charge in [0.15, 0.2) is 0 Å². The summed E-state index contributed by atoms with van der Waals surface area (Å²) in [6.45, 7) is 0. The van der Waals surface area contributed by atoms with Gasteiger partial charge in [-0.15, -0.1) is 0 Å². The fourth-order valence-electron chi connectivity index (χ4n) is 1.44. The third-order valence-corrected chi connectivity index (χ3v) is 3.84. The first-order valence-corrected chi connectivity index (χ1v) is 7.15. The van der Waals surface area contributed by atoms with E-state index >= 15 is 0 Å². The van der Waals surface area contributed by atoms with Crippen LogP contribution in [0.5, 0.6) is 0 Å². The molecule has 0 aliphatic carbocycles. The van der Waals surface area contributed by atoms with Crippen LogP contribution in [0.3, 0.4) is 0 Å². The lowest BCUT2D eigenvalue weighted by Gasteiger charge is -2.08. The van der Waals surface area contributed by atoms with Crippen LogP contribution in [0.15, 0.2) is 45.3 Å². The van der Waals surface area contributed by atoms with E-state index in [9.17, 15) is 9.18 Å². The molecule has 0 radical (unpaired) electrons. The van der Waals surface area contributed by atoms with Crippen molar-refractivity contribution in [3.05, 3.63) is 61.7 Å². The van der Waals surface area contributed by atoms with Crippen LogP contribution >= 0.6 is 43.5 Å². The zero-order valence-electron chi connectivity index (χ0n) is 9.38. The topological polar surface area (TPSA) is 29.1 Å². The Labute approximate surface area is 131 Å². The summed E-state index contributed by atoms with van der Waals surface area (Å²) in [7, 11) is 0. The highest BCUT2D eigenvalue weighted by atomic mass is 79.9. The predicted molar refractivity (Wildman–Crippen MR) is 81.2 cm³/mol. The smallest absolute Gasteiger partial charge is 0.256 e. The highest BCUT2D eigenvalue weighted by Gasteiger charge is 2.11. The molecule has 0 unspecified atom stereocenters. The summed E-state index contributed by atoms with van der Waals surface area (Å²) in [6.07, 6.45) is 0. The number of hydrogen-bond donors (Lipinski definition) is 1. The Morgan fingerprint density at radius 3 is 2.58 bits per heavy atom. The van der Waals surface area contributed by atoms with Crippen molar-refractivity contribution in [1.82, 2.24) is 0 Å². The molecule has 0 aliphatic rings. The van der Waals surface area contributed by atoms with Crippen molar-refractivity contribution < 1.29 is 9.18 Å². The lowest BCUT2D eigenvalue weighted by Crippen LogP contribution is -2.12. The van der Waals surface area contributed by atoms with E-state index in [0.717, 1.165) is 4.47 Å². The molecular weight excluding hydrogens is 400 g/mol. The highest BCUT2D eigenvalue weighted by Crippen LogP contribution is 2.24. The standard InChI is InChI=1S/C13H7Br2ClFNO/c14-7-1-3-10(15)9(5-7)13(19)18-8-2-4-11(16)12(17)6-8/h1-6H,(H,18,19). The normalized spacial score (nSPS) is 10.3. The Morgan fingerprint density at radius 1 is 1.16 bits per heavy atom. The molecular formula is C13H7Br2ClFNO. The number of nitrogens with one attached hydrogen (secondary N) is 1. The highest BCUT2D eigenvalue weighted by molar-refractivity contribution is 9.11. The molecule has 0 atom stereocenters. The van der Waals surface area contributed by atoms with E-state index in [1.54, 1.807) is 12.1 Å². The summed E-state index contributed by atoms with van der Waals surface area (Å²) in [4.78, 5) is 12.1. The molecule has 0 fully saturated rings. The second-order valence-electron chi connectivity index (χ2n) is 3.71. The second kappa shape index (κ2) is 6.03. The van der Waals surface area contributed by atoms with E-state index < -0.39 is 5.82 Å². The van der Waals surface area contributed by atoms with Crippen molar-refractivity contribution in [2.75, 3.05) is 5.32 Å². The monoisotopic (exact) mass is 405 g/mol. The Hall–Kier alpha value is -0.910. The molecule has 0 saturated heterocycles. The fraction of sp³-hybridized carbons (Fsp3) is 0. The van der Waals surface area contributed by atoms with Gasteiger partial charge in [0, 0.05) is 14.6 Å². The van der Waals surface area contributed by atoms with Crippen molar-refractivity contribution in [2.24, 2.45) is 0 Å². The molecule has 0 aliphatic heterocycles. The van der Waals surface area contributed by atoms with E-state index in [4.69, 9.17) is 11.6 Å². The van der Waals surface area contributed by atoms with Crippen molar-refractivity contribution in [3.63, 3.8) is 0 Å². The Morgan fingerprint density at radius 2 is 1.89 bits per heavy atom. The maximum absolute atomic E-state index is 13.3. The Bertz CT molecular complexity index is 649. The molecule has 1 amide bonds. The number of amides is 1. The molecule has 0 aromatic heterocycles. The maximum Gasteiger partial charge on any atom is 0.256 e. The van der Waals surface area contributed by atoms with Crippen LogP contribution < -0.4 is 5.32 Å². The third kappa shape index (κ3) is 3.55. The molecule has 0 spiro atoms. The molecule has 2 rings (SSSR count). The number of anilines is 1. The summed E-state index contributed by atoms with van der Waals surface area (Å²) in [5.41, 5.74) is 0.795. The predicted octanol–water partition coefficient (Wildman–Crippen LogP) is 5.26. The number of halogens is 4. The van der Waals surface area contributed by atoms with Crippen LogP contribution in [0.2, 0.25) is 5.02 Å². The minimum absolute atomic E-state index is 0.0154. The van der Waals surface area contributed by atoms with Crippen molar-refractivity contribution in [3.8, 4) is 0 Å². The molecule has 2 nitrogen and oxygen atoms in total. The van der Waals surface area contributed by atoms with E-state index in [-0.39, 0.29) is 10.9 Å². The van der Waals surface area contributed by atoms with Gasteiger partial charge in [0.2, 0.25) is 0 Å². The lowest BCUT2D eigenvalue weighted by atomic mass is 10.2. The van der Waals surface area contributed by atoms with Gasteiger partial charge in [-0.1, -0.05) is 27.5 Å². The first-order chi connectivity index (χ1) is 8.97. The first kappa shape index (κ1) is 14.5. The van der Waals surface area contributed by atoms with Gasteiger partial charge < -0.3 is 5.32 Å². The van der Waals surface area contributed by atoms with Crippen LogP contribution in [0.25, 0.3) is 0 Å². The molecule has 98 valence electrons. The van der Waals surface area contributed by atoms with Crippen LogP contribution in [0.1, 0.15) is 10.4 Å². The molecule has 19 heavy (non-hydrogen) atoms. The molecule has 0 heterocycles. The largest absolute Gasteiger partial charge is 0.322 e. The molecule has 6 heteroatoms. The summed E-state index contributed by atoms with van der Waals surface area (Å²) in [5, 5.41) is 2.62. The SMILES string of the molecule is O=C(Nc1ccc(Cl)c(F)c1)c1cc(Br)ccc1Br. The van der Waals surface area contributed by atoms with Gasteiger partial charge in [-0.05, 0) is 52.3 Å². The van der Waals surface area contributed by atoms with E-state index in [1.807, 2.05) is 6.07 Å². The fourth-order valence-corrected chi connectivity index (χ4v) is 2.35. The lowest BCUT2D eigenvalue weighted by molar-refractivity contribution is 0.102. The first-order valence-electron chi connectivity index (χ1n) is 5.19. The van der Waals surface area contributed by atoms with Crippen molar-refractivity contribution in [2.45, 2.75) is 0 Å². The van der Waals surface area contributed by atoms with Gasteiger partial charge in [0.05, 0.1) is 10.6 Å². The zero-order chi connectivity index (χ0) is 14.0. The van der Waals surface area contributed by atoms with E-state index in [2.05, 4.69) is 37.2 Å². The zero-order valence-corrected chi connectivity index (χ0v) is 13.3. The maximum atomic E-state index is 13.3. The number of benzene rings is 2. The number of rotatable bonds is 2. The van der Waals surface area contributed by atoms with Gasteiger partial charge in [-0.25, -0.2) is 4.39 Å². The summed E-state index contributed by atoms with van der Waals surface area (Å²) < 4.78 is 14.7. The quantitative estimate of drug-likeness (QED) is 0.723. The molecule has 0 saturated carbocycles. The average molecular weight is 407 g/mol. The van der Waals surface area contributed by atoms with E-state index in [0.29, 0.717) is 15.7 Å². The summed E-state index contributed by atoms with van der Waals surface area (Å²) in [6, 6.07) is 9.33. The van der Waals surface area contributed by atoms with Gasteiger partial charge in [-0.2, -0.15) is 0 Å². The van der Waals surface area contributed by atoms with Gasteiger partial charge >= 0.3 is 0 Å². The van der Waals surface area contributed by atoms with Crippen molar-refractivity contribution in [1.29, 1.82) is 0 Å². The Balaban J connectivity index is 2.25. The van der Waals surface area contributed by atoms with Crippen molar-refractivity contribution >= 4 is 55.1 Å². The average Bonchev–Trinajstić information content (AvgIpc) is 2.36. The second-order valence-corrected chi connectivity index (χ2v) is 5.88. The van der Waals surface area contributed by atoms with Crippen LogP contribution in [0.4, 0.5) is 10.1 Å². The molecule has 0 bridgehead atoms. The van der Waals surface area contributed by atoms with Gasteiger partial charge in [0.25, 0.3) is 5.91 Å². The number of carbonyl (C=O) groups excluding carboxylic acids is 1. The van der Waals surface area contributed by atoms with Gasteiger partial charge in [-0.3, -0.25) is 4.79 Å². The molecule has 2 aromatic rings. The summed E-state index contributed by atoms with van der Waals surface area (Å²) >= 11 is 12.2. The number of carbonyl (C=O) groups is 1. The minimum atomic E-state index is -0.576. The summed E-state index contributed by atoms with van der Waals surface area (Å²) in [5.74, 6) is -0.914. The van der Waals surface area contributed by atoms with Gasteiger partial charge in [0.1, 0.15) is 5.82 Å². The third-order valence-electron chi connectivity index (χ3n) is 2.35. The van der Waals surface area contributed by atoms with Crippen LogP contribution in [-0.4, -0.2) is 5.91 Å². The van der Waals surface area contributed by atoms with E-state index in [1.165, 1.54) is 18.2 Å². The minimum Gasteiger partial charge on any atom is -0.322 e. The number of hydrogen-bond acceptors (Lipinski definition) is 1. The molecule has 2 aromatic carbocycles. The van der Waals surface area contributed by atoms with Crippen LogP contribution in [0, 0.1) is 5.82 Å². The Kier molecular flexibility index (Phi) is 4.60. The molecule has 1 N–H and O–H groups in total. The van der Waals surface area contributed by atoms with Crippen LogP contribution in [-0.2, 0) is 0 Å².